The van der Waals surface area contributed by atoms with Crippen molar-refractivity contribution in [3.05, 3.63) is 0 Å². The minimum Gasteiger partial charge on any atom is -0.393 e. The normalized spacial score (nSPS) is 63.9. The summed E-state index contributed by atoms with van der Waals surface area (Å²) in [4.78, 5) is 0. The summed E-state index contributed by atoms with van der Waals surface area (Å²) in [6.45, 7) is 0. The molecular formula is C8H13NO. The van der Waals surface area contributed by atoms with Gasteiger partial charge in [-0.25, -0.2) is 0 Å². The lowest BCUT2D eigenvalue weighted by Gasteiger charge is -2.62. The second kappa shape index (κ2) is 1.41. The summed E-state index contributed by atoms with van der Waals surface area (Å²) >= 11 is 0. The van der Waals surface area contributed by atoms with Crippen LogP contribution in [-0.4, -0.2) is 23.3 Å². The first-order valence-electron chi connectivity index (χ1n) is 4.25. The molecule has 1 aliphatic heterocycles. The van der Waals surface area contributed by atoms with E-state index >= 15 is 0 Å². The Morgan fingerprint density at radius 1 is 1.40 bits per heavy atom. The molecule has 1 spiro atoms. The summed E-state index contributed by atoms with van der Waals surface area (Å²) in [5.74, 6) is 0. The molecule has 56 valence electrons. The fourth-order valence-corrected chi connectivity index (χ4v) is 3.12. The number of hydrogen-bond donors (Lipinski definition) is 2. The van der Waals surface area contributed by atoms with Gasteiger partial charge in [0.15, 0.2) is 0 Å². The third-order valence-corrected chi connectivity index (χ3v) is 3.81. The number of rotatable bonds is 0. The molecule has 2 aliphatic carbocycles. The van der Waals surface area contributed by atoms with Crippen LogP contribution >= 0.6 is 0 Å². The molecule has 10 heavy (non-hydrogen) atoms. The molecule has 2 nitrogen and oxygen atoms in total. The van der Waals surface area contributed by atoms with Crippen LogP contribution in [0.4, 0.5) is 0 Å². The number of hydrogen-bond acceptors (Lipinski definition) is 2. The zero-order valence-corrected chi connectivity index (χ0v) is 6.01. The molecule has 2 saturated carbocycles. The van der Waals surface area contributed by atoms with Gasteiger partial charge in [-0.15, -0.1) is 0 Å². The van der Waals surface area contributed by atoms with Crippen molar-refractivity contribution < 1.29 is 5.11 Å². The zero-order valence-electron chi connectivity index (χ0n) is 6.01. The average molecular weight is 139 g/mol. The number of aliphatic hydroxyl groups excluding tert-OH is 1. The van der Waals surface area contributed by atoms with Crippen molar-refractivity contribution in [3.63, 3.8) is 0 Å². The topological polar surface area (TPSA) is 32.3 Å². The number of piperidine rings is 1. The van der Waals surface area contributed by atoms with E-state index in [2.05, 4.69) is 5.32 Å². The van der Waals surface area contributed by atoms with Crippen molar-refractivity contribution in [2.45, 2.75) is 43.9 Å². The molecular weight excluding hydrogens is 126 g/mol. The predicted molar refractivity (Wildman–Crippen MR) is 37.6 cm³/mol. The summed E-state index contributed by atoms with van der Waals surface area (Å²) in [6.07, 6.45) is 4.81. The second-order valence-electron chi connectivity index (χ2n) is 4.14. The minimum atomic E-state index is 0.00259. The molecule has 1 saturated heterocycles. The molecule has 3 rings (SSSR count). The standard InChI is InChI=1S/C8H13NO/c10-5-3-7-8(4-5)2-1-6(8)9-7/h5-7,9-10H,1-4H2/t5-,6+,7+,8+/m1/s1. The van der Waals surface area contributed by atoms with Gasteiger partial charge in [0.1, 0.15) is 0 Å². The Hall–Kier alpha value is -0.0800. The van der Waals surface area contributed by atoms with Crippen LogP contribution in [0, 0.1) is 5.41 Å². The average Bonchev–Trinajstić information content (AvgIpc) is 2.21. The molecule has 3 aliphatic rings. The van der Waals surface area contributed by atoms with E-state index in [0.29, 0.717) is 11.5 Å². The molecule has 0 aromatic carbocycles. The fraction of sp³-hybridized carbons (Fsp3) is 1.00. The fourth-order valence-electron chi connectivity index (χ4n) is 3.12. The Balaban J connectivity index is 1.89. The SMILES string of the molecule is O[C@@H]1C[C@@H]2N[C@H]3CC[C@]32C1. The first kappa shape index (κ1) is 5.56. The third-order valence-electron chi connectivity index (χ3n) is 3.81. The number of nitrogens with one attached hydrogen (secondary N) is 1. The summed E-state index contributed by atoms with van der Waals surface area (Å²) in [5, 5.41) is 12.9. The number of aliphatic hydroxyl groups is 1. The van der Waals surface area contributed by atoms with Crippen LogP contribution < -0.4 is 5.32 Å². The zero-order chi connectivity index (χ0) is 6.77. The molecule has 2 heteroatoms. The van der Waals surface area contributed by atoms with Crippen molar-refractivity contribution in [3.8, 4) is 0 Å². The molecule has 3 fully saturated rings. The third kappa shape index (κ3) is 0.397. The monoisotopic (exact) mass is 139 g/mol. The van der Waals surface area contributed by atoms with Crippen molar-refractivity contribution in [1.29, 1.82) is 0 Å². The maximum atomic E-state index is 9.39. The van der Waals surface area contributed by atoms with Gasteiger partial charge in [-0.05, 0) is 25.7 Å². The van der Waals surface area contributed by atoms with E-state index in [1.54, 1.807) is 0 Å². The minimum absolute atomic E-state index is 0.00259. The molecule has 1 heterocycles. The van der Waals surface area contributed by atoms with E-state index in [1.165, 1.54) is 12.8 Å². The van der Waals surface area contributed by atoms with Crippen molar-refractivity contribution in [1.82, 2.24) is 5.32 Å². The van der Waals surface area contributed by atoms with E-state index in [9.17, 15) is 5.11 Å². The summed E-state index contributed by atoms with van der Waals surface area (Å²) < 4.78 is 0. The van der Waals surface area contributed by atoms with Crippen LogP contribution in [0.1, 0.15) is 25.7 Å². The Labute approximate surface area is 60.6 Å². The van der Waals surface area contributed by atoms with Crippen LogP contribution in [0.3, 0.4) is 0 Å². The van der Waals surface area contributed by atoms with Crippen LogP contribution in [-0.2, 0) is 0 Å². The van der Waals surface area contributed by atoms with Crippen LogP contribution in [0.5, 0.6) is 0 Å². The van der Waals surface area contributed by atoms with Crippen LogP contribution in [0.2, 0.25) is 0 Å². The van der Waals surface area contributed by atoms with Gasteiger partial charge in [0.2, 0.25) is 0 Å². The molecule has 0 unspecified atom stereocenters. The van der Waals surface area contributed by atoms with E-state index in [0.717, 1.165) is 18.9 Å². The van der Waals surface area contributed by atoms with Gasteiger partial charge in [0.25, 0.3) is 0 Å². The van der Waals surface area contributed by atoms with Crippen molar-refractivity contribution >= 4 is 0 Å². The second-order valence-corrected chi connectivity index (χ2v) is 4.14. The smallest absolute Gasteiger partial charge is 0.0561 e. The van der Waals surface area contributed by atoms with Crippen LogP contribution in [0.25, 0.3) is 0 Å². The lowest BCUT2D eigenvalue weighted by molar-refractivity contribution is -0.0591. The maximum absolute atomic E-state index is 9.39. The van der Waals surface area contributed by atoms with Crippen molar-refractivity contribution in [2.75, 3.05) is 0 Å². The lowest BCUT2D eigenvalue weighted by Crippen LogP contribution is -2.73. The lowest BCUT2D eigenvalue weighted by atomic mass is 9.55. The highest BCUT2D eigenvalue weighted by atomic mass is 16.3. The quantitative estimate of drug-likeness (QED) is 0.504. The predicted octanol–water partition coefficient (Wildman–Crippen LogP) is 0.262. The maximum Gasteiger partial charge on any atom is 0.0561 e. The van der Waals surface area contributed by atoms with Gasteiger partial charge in [0.05, 0.1) is 6.10 Å². The van der Waals surface area contributed by atoms with E-state index in [4.69, 9.17) is 0 Å². The van der Waals surface area contributed by atoms with Gasteiger partial charge >= 0.3 is 0 Å². The Bertz CT molecular complexity index is 182. The van der Waals surface area contributed by atoms with Gasteiger partial charge in [-0.3, -0.25) is 0 Å². The Kier molecular flexibility index (Phi) is 0.783. The van der Waals surface area contributed by atoms with E-state index < -0.39 is 0 Å². The molecule has 0 radical (unpaired) electrons. The summed E-state index contributed by atoms with van der Waals surface area (Å²) in [6, 6.07) is 1.47. The molecule has 0 bridgehead atoms. The first-order valence-corrected chi connectivity index (χ1v) is 4.25. The van der Waals surface area contributed by atoms with Crippen LogP contribution in [0.15, 0.2) is 0 Å². The summed E-state index contributed by atoms with van der Waals surface area (Å²) in [5.41, 5.74) is 0.583. The Morgan fingerprint density at radius 3 is 2.70 bits per heavy atom. The van der Waals surface area contributed by atoms with Gasteiger partial charge < -0.3 is 10.4 Å². The Morgan fingerprint density at radius 2 is 2.30 bits per heavy atom. The van der Waals surface area contributed by atoms with Gasteiger partial charge in [0, 0.05) is 17.5 Å². The first-order chi connectivity index (χ1) is 4.81. The summed E-state index contributed by atoms with van der Waals surface area (Å²) in [7, 11) is 0. The highest BCUT2D eigenvalue weighted by Gasteiger charge is 2.64. The highest BCUT2D eigenvalue weighted by Crippen LogP contribution is 2.59. The van der Waals surface area contributed by atoms with Gasteiger partial charge in [-0.2, -0.15) is 0 Å². The molecule has 0 aromatic rings. The molecule has 4 atom stereocenters. The molecule has 2 N–H and O–H groups in total. The van der Waals surface area contributed by atoms with E-state index in [1.807, 2.05) is 0 Å². The molecule has 0 amide bonds. The largest absolute Gasteiger partial charge is 0.393 e. The highest BCUT2D eigenvalue weighted by molar-refractivity contribution is 5.20. The van der Waals surface area contributed by atoms with Gasteiger partial charge in [-0.1, -0.05) is 0 Å². The molecule has 0 aromatic heterocycles. The van der Waals surface area contributed by atoms with E-state index in [-0.39, 0.29) is 6.10 Å². The van der Waals surface area contributed by atoms with Crippen molar-refractivity contribution in [2.24, 2.45) is 5.41 Å².